The fourth-order valence-electron chi connectivity index (χ4n) is 3.00. The highest BCUT2D eigenvalue weighted by atomic mass is 32.1. The Hall–Kier alpha value is -1.88. The van der Waals surface area contributed by atoms with Crippen molar-refractivity contribution in [3.05, 3.63) is 45.8 Å². The van der Waals surface area contributed by atoms with Gasteiger partial charge in [0.1, 0.15) is 5.82 Å². The van der Waals surface area contributed by atoms with E-state index in [1.807, 2.05) is 17.0 Å². The first-order valence-corrected chi connectivity index (χ1v) is 8.70. The standard InChI is InChI=1S/C17H19N3OS/c1-11-14-7-9-22-15(14)6-8-20(11)17(21)12-2-5-16(18-10-12)19-13-3-4-13/h2,5,7,9-11,13H,3-4,6,8H2,1H3,(H,18,19)/t11-/m0/s1. The summed E-state index contributed by atoms with van der Waals surface area (Å²) in [6, 6.07) is 6.66. The summed E-state index contributed by atoms with van der Waals surface area (Å²) in [5, 5.41) is 5.47. The maximum atomic E-state index is 12.8. The molecule has 0 unspecified atom stereocenters. The maximum Gasteiger partial charge on any atom is 0.255 e. The lowest BCUT2D eigenvalue weighted by Gasteiger charge is -2.33. The predicted molar refractivity (Wildman–Crippen MR) is 88.4 cm³/mol. The van der Waals surface area contributed by atoms with E-state index in [0.29, 0.717) is 11.6 Å². The van der Waals surface area contributed by atoms with Gasteiger partial charge in [0.05, 0.1) is 11.6 Å². The number of carbonyl (C=O) groups is 1. The van der Waals surface area contributed by atoms with Gasteiger partial charge in [0, 0.05) is 23.7 Å². The lowest BCUT2D eigenvalue weighted by Crippen LogP contribution is -2.38. The van der Waals surface area contributed by atoms with E-state index in [0.717, 1.165) is 18.8 Å². The average Bonchev–Trinajstić information content (AvgIpc) is 3.21. The van der Waals surface area contributed by atoms with Crippen LogP contribution in [-0.2, 0) is 6.42 Å². The van der Waals surface area contributed by atoms with Gasteiger partial charge in [-0.3, -0.25) is 4.79 Å². The number of amides is 1. The summed E-state index contributed by atoms with van der Waals surface area (Å²) in [7, 11) is 0. The second-order valence-electron chi connectivity index (χ2n) is 6.07. The monoisotopic (exact) mass is 313 g/mol. The molecule has 1 N–H and O–H groups in total. The van der Waals surface area contributed by atoms with Gasteiger partial charge in [-0.25, -0.2) is 4.98 Å². The van der Waals surface area contributed by atoms with Gasteiger partial charge < -0.3 is 10.2 Å². The van der Waals surface area contributed by atoms with Gasteiger partial charge in [0.25, 0.3) is 5.91 Å². The van der Waals surface area contributed by atoms with Gasteiger partial charge in [0.15, 0.2) is 0 Å². The zero-order valence-electron chi connectivity index (χ0n) is 12.6. The molecular weight excluding hydrogens is 294 g/mol. The van der Waals surface area contributed by atoms with E-state index in [9.17, 15) is 4.79 Å². The lowest BCUT2D eigenvalue weighted by molar-refractivity contribution is 0.0679. The normalized spacial score (nSPS) is 20.6. The predicted octanol–water partition coefficient (Wildman–Crippen LogP) is 3.48. The summed E-state index contributed by atoms with van der Waals surface area (Å²) in [6.45, 7) is 2.90. The molecule has 0 spiro atoms. The first-order valence-electron chi connectivity index (χ1n) is 7.82. The van der Waals surface area contributed by atoms with Crippen molar-refractivity contribution < 1.29 is 4.79 Å². The number of hydrogen-bond donors (Lipinski definition) is 1. The van der Waals surface area contributed by atoms with E-state index >= 15 is 0 Å². The van der Waals surface area contributed by atoms with Crippen molar-refractivity contribution in [2.75, 3.05) is 11.9 Å². The molecule has 0 aromatic carbocycles. The highest BCUT2D eigenvalue weighted by molar-refractivity contribution is 7.10. The van der Waals surface area contributed by atoms with Crippen molar-refractivity contribution >= 4 is 23.1 Å². The van der Waals surface area contributed by atoms with Crippen LogP contribution in [0.4, 0.5) is 5.82 Å². The van der Waals surface area contributed by atoms with Gasteiger partial charge in [-0.1, -0.05) is 0 Å². The van der Waals surface area contributed by atoms with E-state index in [-0.39, 0.29) is 11.9 Å². The smallest absolute Gasteiger partial charge is 0.255 e. The zero-order chi connectivity index (χ0) is 15.1. The van der Waals surface area contributed by atoms with Crippen molar-refractivity contribution in [2.45, 2.75) is 38.3 Å². The fraction of sp³-hybridized carbons (Fsp3) is 0.412. The van der Waals surface area contributed by atoms with E-state index in [4.69, 9.17) is 0 Å². The molecule has 1 atom stereocenters. The average molecular weight is 313 g/mol. The Morgan fingerprint density at radius 3 is 2.95 bits per heavy atom. The number of carbonyl (C=O) groups excluding carboxylic acids is 1. The molecule has 2 aromatic rings. The molecular formula is C17H19N3OS. The van der Waals surface area contributed by atoms with Gasteiger partial charge in [-0.15, -0.1) is 11.3 Å². The van der Waals surface area contributed by atoms with Crippen LogP contribution >= 0.6 is 11.3 Å². The summed E-state index contributed by atoms with van der Waals surface area (Å²) in [4.78, 5) is 20.5. The maximum absolute atomic E-state index is 12.8. The minimum atomic E-state index is 0.0785. The lowest BCUT2D eigenvalue weighted by atomic mass is 10.0. The first kappa shape index (κ1) is 13.8. The number of nitrogens with one attached hydrogen (secondary N) is 1. The molecule has 0 saturated heterocycles. The van der Waals surface area contributed by atoms with E-state index < -0.39 is 0 Å². The number of pyridine rings is 1. The number of nitrogens with zero attached hydrogens (tertiary/aromatic N) is 2. The summed E-state index contributed by atoms with van der Waals surface area (Å²) in [5.41, 5.74) is 1.97. The minimum Gasteiger partial charge on any atom is -0.367 e. The third kappa shape index (κ3) is 2.50. The molecule has 1 saturated carbocycles. The molecule has 1 aliphatic heterocycles. The Morgan fingerprint density at radius 2 is 2.23 bits per heavy atom. The van der Waals surface area contributed by atoms with Crippen LogP contribution in [0.25, 0.3) is 0 Å². The SMILES string of the molecule is C[C@H]1c2ccsc2CCN1C(=O)c1ccc(NC2CC2)nc1. The van der Waals surface area contributed by atoms with Crippen molar-refractivity contribution in [2.24, 2.45) is 0 Å². The largest absolute Gasteiger partial charge is 0.367 e. The highest BCUT2D eigenvalue weighted by Crippen LogP contribution is 2.33. The van der Waals surface area contributed by atoms with Gasteiger partial charge >= 0.3 is 0 Å². The molecule has 4 rings (SSSR count). The fourth-order valence-corrected chi connectivity index (χ4v) is 3.96. The van der Waals surface area contributed by atoms with Crippen molar-refractivity contribution in [3.63, 3.8) is 0 Å². The van der Waals surface area contributed by atoms with Crippen LogP contribution < -0.4 is 5.32 Å². The third-order valence-corrected chi connectivity index (χ3v) is 5.47. The number of rotatable bonds is 3. The molecule has 22 heavy (non-hydrogen) atoms. The molecule has 4 nitrogen and oxygen atoms in total. The molecule has 1 fully saturated rings. The molecule has 2 aromatic heterocycles. The second kappa shape index (κ2) is 5.39. The molecule has 2 aliphatic rings. The van der Waals surface area contributed by atoms with Crippen molar-refractivity contribution in [1.82, 2.24) is 9.88 Å². The van der Waals surface area contributed by atoms with Crippen LogP contribution in [0.1, 0.15) is 46.6 Å². The first-order chi connectivity index (χ1) is 10.7. The second-order valence-corrected chi connectivity index (χ2v) is 7.08. The molecule has 3 heterocycles. The molecule has 1 amide bonds. The van der Waals surface area contributed by atoms with Crippen LogP contribution in [0.2, 0.25) is 0 Å². The van der Waals surface area contributed by atoms with E-state index in [1.165, 1.54) is 23.3 Å². The quantitative estimate of drug-likeness (QED) is 0.943. The zero-order valence-corrected chi connectivity index (χ0v) is 13.4. The number of hydrogen-bond acceptors (Lipinski definition) is 4. The number of thiophene rings is 1. The van der Waals surface area contributed by atoms with Crippen molar-refractivity contribution in [3.8, 4) is 0 Å². The number of aromatic nitrogens is 1. The summed E-state index contributed by atoms with van der Waals surface area (Å²) in [5.74, 6) is 0.945. The molecule has 5 heteroatoms. The van der Waals surface area contributed by atoms with Gasteiger partial charge in [0.2, 0.25) is 0 Å². The molecule has 0 bridgehead atoms. The minimum absolute atomic E-state index is 0.0785. The third-order valence-electron chi connectivity index (χ3n) is 4.48. The molecule has 114 valence electrons. The van der Waals surface area contributed by atoms with Crippen LogP contribution in [-0.4, -0.2) is 28.4 Å². The topological polar surface area (TPSA) is 45.2 Å². The van der Waals surface area contributed by atoms with Gasteiger partial charge in [-0.2, -0.15) is 0 Å². The van der Waals surface area contributed by atoms with Crippen LogP contribution in [0, 0.1) is 0 Å². The van der Waals surface area contributed by atoms with E-state index in [2.05, 4.69) is 28.7 Å². The Morgan fingerprint density at radius 1 is 1.36 bits per heavy atom. The summed E-state index contributed by atoms with van der Waals surface area (Å²) in [6.07, 6.45) is 5.09. The highest BCUT2D eigenvalue weighted by Gasteiger charge is 2.29. The Labute approximate surface area is 134 Å². The molecule has 0 radical (unpaired) electrons. The van der Waals surface area contributed by atoms with Gasteiger partial charge in [-0.05, 0) is 55.3 Å². The number of fused-ring (bicyclic) bond motifs is 1. The summed E-state index contributed by atoms with van der Waals surface area (Å²) < 4.78 is 0. The Balaban J connectivity index is 1.51. The Bertz CT molecular complexity index is 690. The number of anilines is 1. The summed E-state index contributed by atoms with van der Waals surface area (Å²) >= 11 is 1.79. The van der Waals surface area contributed by atoms with Crippen LogP contribution in [0.5, 0.6) is 0 Å². The molecule has 1 aliphatic carbocycles. The van der Waals surface area contributed by atoms with Crippen molar-refractivity contribution in [1.29, 1.82) is 0 Å². The van der Waals surface area contributed by atoms with Crippen LogP contribution in [0.15, 0.2) is 29.8 Å². The Kier molecular flexibility index (Phi) is 3.37. The van der Waals surface area contributed by atoms with Crippen LogP contribution in [0.3, 0.4) is 0 Å². The van der Waals surface area contributed by atoms with E-state index in [1.54, 1.807) is 17.5 Å².